The molecular weight excluding hydrogens is 376 g/mol. The predicted molar refractivity (Wildman–Crippen MR) is 108 cm³/mol. The van der Waals surface area contributed by atoms with Gasteiger partial charge in [0.05, 0.1) is 30.9 Å². The lowest BCUT2D eigenvalue weighted by atomic mass is 10.0. The Morgan fingerprint density at radius 1 is 1.14 bits per heavy atom. The zero-order chi connectivity index (χ0) is 21.3. The average Bonchev–Trinajstić information content (AvgIpc) is 3.26. The Kier molecular flexibility index (Phi) is 5.40. The zero-order valence-electron chi connectivity index (χ0n) is 17.1. The van der Waals surface area contributed by atoms with E-state index in [2.05, 4.69) is 24.8 Å². The number of carbonyl (C=O) groups excluding carboxylic acids is 1. The fraction of sp³-hybridized carbons (Fsp3) is 0.300. The van der Waals surface area contributed by atoms with Gasteiger partial charge in [-0.2, -0.15) is 0 Å². The molecular formula is C20H22N4O5. The Labute approximate surface area is 166 Å². The zero-order valence-corrected chi connectivity index (χ0v) is 17.1. The molecule has 9 nitrogen and oxygen atoms in total. The molecule has 0 aliphatic heterocycles. The van der Waals surface area contributed by atoms with Crippen LogP contribution in [0.25, 0.3) is 33.1 Å². The first-order valence-corrected chi connectivity index (χ1v) is 9.10. The second kappa shape index (κ2) is 7.78. The van der Waals surface area contributed by atoms with Crippen molar-refractivity contribution in [3.8, 4) is 16.9 Å². The molecule has 3 heterocycles. The van der Waals surface area contributed by atoms with Crippen molar-refractivity contribution in [3.63, 3.8) is 0 Å². The Balaban J connectivity index is 0.00000117. The standard InChI is InChI=1S/C18H16N4O5.C2H6/c1-7-13(8(2)27-22-7)10-5-11-9(6-12(10)25-3)14-15(19-11)20-16(18(24)26-4)21-17(14)23;1-2/h5-6H,1-4H3,(H2,19,20,21,23);1-2H3. The molecule has 0 spiro atoms. The highest BCUT2D eigenvalue weighted by atomic mass is 16.5. The Morgan fingerprint density at radius 3 is 2.45 bits per heavy atom. The number of hydrogen-bond acceptors (Lipinski definition) is 7. The van der Waals surface area contributed by atoms with Crippen LogP contribution >= 0.6 is 0 Å². The molecule has 0 fully saturated rings. The third-order valence-electron chi connectivity index (χ3n) is 4.46. The number of aromatic nitrogens is 4. The van der Waals surface area contributed by atoms with Gasteiger partial charge >= 0.3 is 5.97 Å². The SMILES string of the molecule is CC.COC(=O)c1nc2[nH]c3cc(-c4c(C)noc4C)c(OC)cc3c2c(=O)[nH]1. The molecule has 0 atom stereocenters. The molecule has 4 rings (SSSR count). The summed E-state index contributed by atoms with van der Waals surface area (Å²) in [4.78, 5) is 33.9. The van der Waals surface area contributed by atoms with Gasteiger partial charge in [0.1, 0.15) is 17.2 Å². The van der Waals surface area contributed by atoms with Gasteiger partial charge in [-0.05, 0) is 26.0 Å². The molecule has 3 aromatic heterocycles. The third-order valence-corrected chi connectivity index (χ3v) is 4.46. The number of nitrogens with one attached hydrogen (secondary N) is 2. The van der Waals surface area contributed by atoms with E-state index >= 15 is 0 Å². The van der Waals surface area contributed by atoms with Crippen LogP contribution in [0.2, 0.25) is 0 Å². The minimum Gasteiger partial charge on any atom is -0.496 e. The van der Waals surface area contributed by atoms with E-state index in [4.69, 9.17) is 9.26 Å². The lowest BCUT2D eigenvalue weighted by Crippen LogP contribution is -2.16. The fourth-order valence-electron chi connectivity index (χ4n) is 3.26. The number of esters is 1. The number of fused-ring (bicyclic) bond motifs is 3. The molecule has 4 aromatic rings. The summed E-state index contributed by atoms with van der Waals surface area (Å²) < 4.78 is 15.4. The maximum atomic E-state index is 12.5. The number of benzene rings is 1. The van der Waals surface area contributed by atoms with Gasteiger partial charge in [0.15, 0.2) is 0 Å². The van der Waals surface area contributed by atoms with E-state index in [1.807, 2.05) is 33.8 Å². The van der Waals surface area contributed by atoms with Gasteiger partial charge in [-0.15, -0.1) is 0 Å². The molecule has 0 aliphatic rings. The highest BCUT2D eigenvalue weighted by Crippen LogP contribution is 2.38. The molecule has 0 saturated carbocycles. The van der Waals surface area contributed by atoms with E-state index in [0.29, 0.717) is 27.8 Å². The molecule has 0 radical (unpaired) electrons. The number of carbonyl (C=O) groups is 1. The highest BCUT2D eigenvalue weighted by Gasteiger charge is 2.20. The van der Waals surface area contributed by atoms with Gasteiger partial charge in [0.2, 0.25) is 5.82 Å². The van der Waals surface area contributed by atoms with Gasteiger partial charge in [-0.25, -0.2) is 9.78 Å². The minimum absolute atomic E-state index is 0.167. The molecule has 9 heteroatoms. The molecule has 0 amide bonds. The second-order valence-electron chi connectivity index (χ2n) is 6.05. The molecule has 0 unspecified atom stereocenters. The number of aromatic amines is 2. The summed E-state index contributed by atoms with van der Waals surface area (Å²) in [5.74, 6) is 0.334. The molecule has 29 heavy (non-hydrogen) atoms. The quantitative estimate of drug-likeness (QED) is 0.506. The first-order chi connectivity index (χ1) is 13.9. The summed E-state index contributed by atoms with van der Waals surface area (Å²) in [6, 6.07) is 3.60. The van der Waals surface area contributed by atoms with Crippen molar-refractivity contribution in [2.75, 3.05) is 14.2 Å². The molecule has 0 bridgehead atoms. The summed E-state index contributed by atoms with van der Waals surface area (Å²) in [5.41, 5.74) is 2.83. The smallest absolute Gasteiger partial charge is 0.374 e. The highest BCUT2D eigenvalue weighted by molar-refractivity contribution is 6.08. The maximum Gasteiger partial charge on any atom is 0.374 e. The van der Waals surface area contributed by atoms with Crippen LogP contribution in [0.5, 0.6) is 5.75 Å². The number of nitrogens with zero attached hydrogens (tertiary/aromatic N) is 2. The van der Waals surface area contributed by atoms with Gasteiger partial charge in [-0.3, -0.25) is 4.79 Å². The topological polar surface area (TPSA) is 123 Å². The summed E-state index contributed by atoms with van der Waals surface area (Å²) in [6.45, 7) is 7.66. The van der Waals surface area contributed by atoms with E-state index in [-0.39, 0.29) is 11.5 Å². The van der Waals surface area contributed by atoms with Gasteiger partial charge in [0.25, 0.3) is 5.56 Å². The van der Waals surface area contributed by atoms with Crippen molar-refractivity contribution in [2.45, 2.75) is 27.7 Å². The normalized spacial score (nSPS) is 10.7. The molecule has 152 valence electrons. The monoisotopic (exact) mass is 398 g/mol. The van der Waals surface area contributed by atoms with Crippen LogP contribution in [0, 0.1) is 13.8 Å². The number of rotatable bonds is 3. The van der Waals surface area contributed by atoms with Crippen LogP contribution in [-0.2, 0) is 4.74 Å². The largest absolute Gasteiger partial charge is 0.496 e. The molecule has 1 aromatic carbocycles. The molecule has 2 N–H and O–H groups in total. The third kappa shape index (κ3) is 3.24. The summed E-state index contributed by atoms with van der Waals surface area (Å²) in [5, 5.41) is 4.95. The van der Waals surface area contributed by atoms with Crippen molar-refractivity contribution in [1.82, 2.24) is 20.1 Å². The lowest BCUT2D eigenvalue weighted by molar-refractivity contribution is 0.0587. The first-order valence-electron chi connectivity index (χ1n) is 9.10. The summed E-state index contributed by atoms with van der Waals surface area (Å²) >= 11 is 0. The number of methoxy groups -OCH3 is 2. The van der Waals surface area contributed by atoms with Gasteiger partial charge in [-0.1, -0.05) is 19.0 Å². The number of hydrogen-bond donors (Lipinski definition) is 2. The summed E-state index contributed by atoms with van der Waals surface area (Å²) in [6.07, 6.45) is 0. The van der Waals surface area contributed by atoms with Crippen LogP contribution in [-0.4, -0.2) is 40.3 Å². The van der Waals surface area contributed by atoms with E-state index in [0.717, 1.165) is 16.8 Å². The lowest BCUT2D eigenvalue weighted by Gasteiger charge is -2.08. The fourth-order valence-corrected chi connectivity index (χ4v) is 3.26. The number of aryl methyl sites for hydroxylation is 2. The Morgan fingerprint density at radius 2 is 1.86 bits per heavy atom. The van der Waals surface area contributed by atoms with Crippen molar-refractivity contribution in [1.29, 1.82) is 0 Å². The van der Waals surface area contributed by atoms with Crippen LogP contribution in [0.4, 0.5) is 0 Å². The summed E-state index contributed by atoms with van der Waals surface area (Å²) in [7, 11) is 2.77. The van der Waals surface area contributed by atoms with Gasteiger partial charge in [0, 0.05) is 16.5 Å². The average molecular weight is 398 g/mol. The van der Waals surface area contributed by atoms with Crippen molar-refractivity contribution in [2.24, 2.45) is 0 Å². The predicted octanol–water partition coefficient (Wildman–Crippen LogP) is 3.50. The molecule has 0 saturated heterocycles. The van der Waals surface area contributed by atoms with E-state index in [1.165, 1.54) is 7.11 Å². The maximum absolute atomic E-state index is 12.5. The second-order valence-corrected chi connectivity index (χ2v) is 6.05. The van der Waals surface area contributed by atoms with Crippen molar-refractivity contribution < 1.29 is 18.8 Å². The first kappa shape index (κ1) is 20.1. The molecule has 0 aliphatic carbocycles. The van der Waals surface area contributed by atoms with Crippen molar-refractivity contribution >= 4 is 27.9 Å². The van der Waals surface area contributed by atoms with E-state index < -0.39 is 11.5 Å². The number of ether oxygens (including phenoxy) is 2. The van der Waals surface area contributed by atoms with Crippen LogP contribution < -0.4 is 10.3 Å². The Hall–Kier alpha value is -3.62. The van der Waals surface area contributed by atoms with E-state index in [1.54, 1.807) is 13.2 Å². The van der Waals surface area contributed by atoms with Crippen molar-refractivity contribution in [3.05, 3.63) is 39.8 Å². The van der Waals surface area contributed by atoms with Gasteiger partial charge < -0.3 is 24.0 Å². The van der Waals surface area contributed by atoms with Crippen LogP contribution in [0.1, 0.15) is 35.9 Å². The Bertz CT molecular complexity index is 1250. The van der Waals surface area contributed by atoms with Crippen LogP contribution in [0.3, 0.4) is 0 Å². The minimum atomic E-state index is -0.721. The van der Waals surface area contributed by atoms with E-state index in [9.17, 15) is 9.59 Å². The number of H-pyrrole nitrogens is 2. The van der Waals surface area contributed by atoms with Crippen LogP contribution in [0.15, 0.2) is 21.5 Å².